The molecule has 0 radical (unpaired) electrons. The van der Waals surface area contributed by atoms with Crippen LogP contribution in [0.25, 0.3) is 0 Å². The molecule has 1 heterocycles. The second-order valence-electron chi connectivity index (χ2n) is 3.65. The number of unbranched alkanes of at least 4 members (excludes halogenated alkanes) is 1. The number of carbonyl (C=O) groups excluding carboxylic acids is 2. The molecule has 5 nitrogen and oxygen atoms in total. The van der Waals surface area contributed by atoms with Crippen LogP contribution in [-0.4, -0.2) is 33.8 Å². The van der Waals surface area contributed by atoms with E-state index in [4.69, 9.17) is 5.11 Å². The number of hydrogen-bond acceptors (Lipinski definition) is 3. The van der Waals surface area contributed by atoms with Gasteiger partial charge in [0.05, 0.1) is 0 Å². The Bertz CT molecular complexity index is 287. The Labute approximate surface area is 88.1 Å². The lowest BCUT2D eigenvalue weighted by atomic mass is 10.2. The molecule has 0 spiro atoms. The Morgan fingerprint density at radius 3 is 2.73 bits per heavy atom. The highest BCUT2D eigenvalue weighted by molar-refractivity contribution is 6.01. The summed E-state index contributed by atoms with van der Waals surface area (Å²) in [4.78, 5) is 34.6. The Morgan fingerprint density at radius 2 is 2.20 bits per heavy atom. The number of likely N-dealkylation sites (tertiary alicyclic amines) is 1. The van der Waals surface area contributed by atoms with Crippen molar-refractivity contribution in [3.63, 3.8) is 0 Å². The third-order valence-electron chi connectivity index (χ3n) is 2.51. The molecule has 0 bridgehead atoms. The van der Waals surface area contributed by atoms with Crippen LogP contribution < -0.4 is 0 Å². The average molecular weight is 213 g/mol. The molecule has 1 atom stereocenters. The lowest BCUT2D eigenvalue weighted by Crippen LogP contribution is -2.42. The maximum Gasteiger partial charge on any atom is 0.326 e. The molecule has 84 valence electrons. The van der Waals surface area contributed by atoms with Crippen LogP contribution >= 0.6 is 0 Å². The SMILES string of the molecule is CCCCC(=O)N1C(=O)CCC1C(=O)O. The summed E-state index contributed by atoms with van der Waals surface area (Å²) in [6.45, 7) is 1.94. The largest absolute Gasteiger partial charge is 0.480 e. The molecule has 1 aliphatic heterocycles. The van der Waals surface area contributed by atoms with Gasteiger partial charge < -0.3 is 5.11 Å². The van der Waals surface area contributed by atoms with E-state index in [1.54, 1.807) is 0 Å². The van der Waals surface area contributed by atoms with Crippen molar-refractivity contribution in [1.29, 1.82) is 0 Å². The van der Waals surface area contributed by atoms with Gasteiger partial charge in [-0.3, -0.25) is 14.5 Å². The fourth-order valence-corrected chi connectivity index (χ4v) is 1.68. The maximum absolute atomic E-state index is 11.6. The number of carbonyl (C=O) groups is 3. The van der Waals surface area contributed by atoms with Crippen molar-refractivity contribution in [2.75, 3.05) is 0 Å². The molecule has 1 rings (SSSR count). The van der Waals surface area contributed by atoms with Crippen molar-refractivity contribution in [2.45, 2.75) is 45.1 Å². The van der Waals surface area contributed by atoms with E-state index < -0.39 is 12.0 Å². The minimum Gasteiger partial charge on any atom is -0.480 e. The number of rotatable bonds is 4. The monoisotopic (exact) mass is 213 g/mol. The zero-order valence-corrected chi connectivity index (χ0v) is 8.73. The van der Waals surface area contributed by atoms with Crippen LogP contribution in [0, 0.1) is 0 Å². The predicted octanol–water partition coefficient (Wildman–Crippen LogP) is 0.779. The Kier molecular flexibility index (Phi) is 3.82. The van der Waals surface area contributed by atoms with Crippen LogP contribution in [0.15, 0.2) is 0 Å². The highest BCUT2D eigenvalue weighted by Crippen LogP contribution is 2.20. The number of hydrogen-bond donors (Lipinski definition) is 1. The van der Waals surface area contributed by atoms with E-state index in [1.165, 1.54) is 0 Å². The van der Waals surface area contributed by atoms with Gasteiger partial charge in [0, 0.05) is 12.8 Å². The van der Waals surface area contributed by atoms with E-state index in [1.807, 2.05) is 6.92 Å². The molecule has 15 heavy (non-hydrogen) atoms. The van der Waals surface area contributed by atoms with Gasteiger partial charge in [-0.15, -0.1) is 0 Å². The number of aliphatic carboxylic acids is 1. The molecule has 0 aromatic rings. The van der Waals surface area contributed by atoms with Gasteiger partial charge in [0.25, 0.3) is 0 Å². The van der Waals surface area contributed by atoms with E-state index >= 15 is 0 Å². The standard InChI is InChI=1S/C10H15NO4/c1-2-3-4-8(12)11-7(10(14)15)5-6-9(11)13/h7H,2-6H2,1H3,(H,14,15). The minimum atomic E-state index is -1.09. The molecule has 1 fully saturated rings. The number of imide groups is 1. The molecule has 1 unspecified atom stereocenters. The Morgan fingerprint density at radius 1 is 1.53 bits per heavy atom. The van der Waals surface area contributed by atoms with E-state index in [-0.39, 0.29) is 31.1 Å². The molecule has 1 saturated heterocycles. The summed E-state index contributed by atoms with van der Waals surface area (Å²) in [7, 11) is 0. The molecular weight excluding hydrogens is 198 g/mol. The second-order valence-corrected chi connectivity index (χ2v) is 3.65. The van der Waals surface area contributed by atoms with Crippen molar-refractivity contribution >= 4 is 17.8 Å². The number of nitrogens with zero attached hydrogens (tertiary/aromatic N) is 1. The van der Waals surface area contributed by atoms with Crippen LogP contribution in [0.1, 0.15) is 39.0 Å². The molecule has 0 aromatic carbocycles. The molecule has 1 aliphatic rings. The third kappa shape index (κ3) is 2.55. The zero-order chi connectivity index (χ0) is 11.4. The first-order valence-corrected chi connectivity index (χ1v) is 5.15. The van der Waals surface area contributed by atoms with Gasteiger partial charge in [0.2, 0.25) is 11.8 Å². The minimum absolute atomic E-state index is 0.162. The average Bonchev–Trinajstić information content (AvgIpc) is 2.56. The predicted molar refractivity (Wildman–Crippen MR) is 52.0 cm³/mol. The third-order valence-corrected chi connectivity index (χ3v) is 2.51. The lowest BCUT2D eigenvalue weighted by Gasteiger charge is -2.19. The highest BCUT2D eigenvalue weighted by atomic mass is 16.4. The summed E-state index contributed by atoms with van der Waals surface area (Å²) in [5.41, 5.74) is 0. The number of carboxylic acids is 1. The van der Waals surface area contributed by atoms with E-state index in [0.29, 0.717) is 6.42 Å². The summed E-state index contributed by atoms with van der Waals surface area (Å²) < 4.78 is 0. The molecule has 1 N–H and O–H groups in total. The first-order chi connectivity index (χ1) is 7.07. The fourth-order valence-electron chi connectivity index (χ4n) is 1.68. The molecule has 5 heteroatoms. The summed E-state index contributed by atoms with van der Waals surface area (Å²) in [5.74, 6) is -1.80. The smallest absolute Gasteiger partial charge is 0.326 e. The summed E-state index contributed by atoms with van der Waals surface area (Å²) in [5, 5.41) is 8.83. The van der Waals surface area contributed by atoms with Crippen molar-refractivity contribution in [1.82, 2.24) is 4.90 Å². The van der Waals surface area contributed by atoms with E-state index in [0.717, 1.165) is 11.3 Å². The molecule has 0 aromatic heterocycles. The van der Waals surface area contributed by atoms with Crippen molar-refractivity contribution in [3.05, 3.63) is 0 Å². The quantitative estimate of drug-likeness (QED) is 0.748. The van der Waals surface area contributed by atoms with E-state index in [2.05, 4.69) is 0 Å². The topological polar surface area (TPSA) is 74.7 Å². The maximum atomic E-state index is 11.6. The van der Waals surface area contributed by atoms with Crippen molar-refractivity contribution in [3.8, 4) is 0 Å². The first-order valence-electron chi connectivity index (χ1n) is 5.15. The highest BCUT2D eigenvalue weighted by Gasteiger charge is 2.39. The lowest BCUT2D eigenvalue weighted by molar-refractivity contribution is -0.154. The van der Waals surface area contributed by atoms with Crippen LogP contribution in [0.4, 0.5) is 0 Å². The van der Waals surface area contributed by atoms with Gasteiger partial charge in [0.15, 0.2) is 0 Å². The zero-order valence-electron chi connectivity index (χ0n) is 8.73. The van der Waals surface area contributed by atoms with Crippen LogP contribution in [0.3, 0.4) is 0 Å². The van der Waals surface area contributed by atoms with Crippen LogP contribution in [-0.2, 0) is 14.4 Å². The fraction of sp³-hybridized carbons (Fsp3) is 0.700. The van der Waals surface area contributed by atoms with Gasteiger partial charge >= 0.3 is 5.97 Å². The second kappa shape index (κ2) is 4.91. The van der Waals surface area contributed by atoms with Gasteiger partial charge in [-0.1, -0.05) is 13.3 Å². The number of amides is 2. The van der Waals surface area contributed by atoms with Gasteiger partial charge in [-0.2, -0.15) is 0 Å². The van der Waals surface area contributed by atoms with Gasteiger partial charge in [-0.05, 0) is 12.8 Å². The summed E-state index contributed by atoms with van der Waals surface area (Å²) >= 11 is 0. The van der Waals surface area contributed by atoms with Crippen molar-refractivity contribution in [2.24, 2.45) is 0 Å². The Hall–Kier alpha value is -1.39. The molecule has 0 saturated carbocycles. The number of carboxylic acid groups (broad SMARTS) is 1. The summed E-state index contributed by atoms with van der Waals surface area (Å²) in [6.07, 6.45) is 2.20. The normalized spacial score (nSPS) is 20.7. The van der Waals surface area contributed by atoms with Crippen LogP contribution in [0.5, 0.6) is 0 Å². The molecule has 2 amide bonds. The van der Waals surface area contributed by atoms with Gasteiger partial charge in [0.1, 0.15) is 6.04 Å². The first kappa shape index (κ1) is 11.7. The molecular formula is C10H15NO4. The van der Waals surface area contributed by atoms with Crippen LogP contribution in [0.2, 0.25) is 0 Å². The van der Waals surface area contributed by atoms with Gasteiger partial charge in [-0.25, -0.2) is 4.79 Å². The van der Waals surface area contributed by atoms with E-state index in [9.17, 15) is 14.4 Å². The molecule has 0 aliphatic carbocycles. The Balaban J connectivity index is 2.67. The summed E-state index contributed by atoms with van der Waals surface area (Å²) in [6, 6.07) is -0.943. The van der Waals surface area contributed by atoms with Crippen molar-refractivity contribution < 1.29 is 19.5 Å².